The van der Waals surface area contributed by atoms with Crippen LogP contribution in [-0.2, 0) is 38.0 Å². The van der Waals surface area contributed by atoms with Crippen LogP contribution >= 0.6 is 0 Å². The van der Waals surface area contributed by atoms with Crippen molar-refractivity contribution in [3.63, 3.8) is 0 Å². The van der Waals surface area contributed by atoms with E-state index in [0.29, 0.717) is 58.4 Å². The van der Waals surface area contributed by atoms with Crippen LogP contribution in [0.5, 0.6) is 0 Å². The molecule has 0 radical (unpaired) electrons. The number of hydrogen-bond donors (Lipinski definition) is 0. The van der Waals surface area contributed by atoms with Crippen LogP contribution in [0.15, 0.2) is 0 Å². The normalized spacial score (nSPS) is 20.6. The lowest BCUT2D eigenvalue weighted by atomic mass is 9.72. The number of ether oxygens (including phenoxy) is 6. The Morgan fingerprint density at radius 1 is 0.676 bits per heavy atom. The van der Waals surface area contributed by atoms with Crippen LogP contribution < -0.4 is 0 Å². The van der Waals surface area contributed by atoms with Crippen molar-refractivity contribution in [2.45, 2.75) is 78.6 Å². The summed E-state index contributed by atoms with van der Waals surface area (Å²) in [6.45, 7) is 9.79. The van der Waals surface area contributed by atoms with Gasteiger partial charge in [0.2, 0.25) is 0 Å². The first-order valence-corrected chi connectivity index (χ1v) is 14.4. The molecule has 8 heteroatoms. The third kappa shape index (κ3) is 16.4. The van der Waals surface area contributed by atoms with E-state index in [1.807, 2.05) is 0 Å². The van der Waals surface area contributed by atoms with Crippen molar-refractivity contribution in [2.24, 2.45) is 29.6 Å². The molecule has 0 heterocycles. The molecule has 0 aromatic heterocycles. The molecule has 1 aliphatic rings. The predicted molar refractivity (Wildman–Crippen MR) is 143 cm³/mol. The first-order valence-electron chi connectivity index (χ1n) is 14.4. The summed E-state index contributed by atoms with van der Waals surface area (Å²) in [5.74, 6) is 0.349. The van der Waals surface area contributed by atoms with E-state index >= 15 is 0 Å². The second-order valence-electron chi connectivity index (χ2n) is 10.8. The minimum absolute atomic E-state index is 0.173. The zero-order valence-corrected chi connectivity index (χ0v) is 24.2. The molecule has 0 spiro atoms. The fourth-order valence-corrected chi connectivity index (χ4v) is 4.94. The van der Waals surface area contributed by atoms with Crippen LogP contribution in [0.1, 0.15) is 78.6 Å². The van der Waals surface area contributed by atoms with Crippen LogP contribution in [0, 0.1) is 29.6 Å². The summed E-state index contributed by atoms with van der Waals surface area (Å²) >= 11 is 0. The van der Waals surface area contributed by atoms with Crippen molar-refractivity contribution in [2.75, 3.05) is 67.1 Å². The number of carbonyl (C=O) groups excluding carboxylic acids is 2. The van der Waals surface area contributed by atoms with Crippen molar-refractivity contribution in [3.8, 4) is 0 Å². The Hall–Kier alpha value is -1.22. The summed E-state index contributed by atoms with van der Waals surface area (Å²) in [6, 6.07) is 0. The molecule has 0 bridgehead atoms. The third-order valence-corrected chi connectivity index (χ3v) is 7.16. The minimum Gasteiger partial charge on any atom is -0.463 e. The first-order chi connectivity index (χ1) is 17.9. The molecular weight excluding hydrogens is 476 g/mol. The molecular formula is C29H54O8. The SMILES string of the molecule is COCCOCCOC(=O)C1CCC(CCCC(C)CCCC(C)C)CC1C(=O)OCCOCCOC. The smallest absolute Gasteiger partial charge is 0.309 e. The Labute approximate surface area is 225 Å². The molecule has 4 atom stereocenters. The van der Waals surface area contributed by atoms with Gasteiger partial charge in [-0.15, -0.1) is 0 Å². The quantitative estimate of drug-likeness (QED) is 0.142. The molecule has 4 unspecified atom stereocenters. The van der Waals surface area contributed by atoms with E-state index in [9.17, 15) is 9.59 Å². The van der Waals surface area contributed by atoms with Crippen molar-refractivity contribution < 1.29 is 38.0 Å². The van der Waals surface area contributed by atoms with Crippen LogP contribution in [0.25, 0.3) is 0 Å². The highest BCUT2D eigenvalue weighted by atomic mass is 16.6. The maximum Gasteiger partial charge on any atom is 0.309 e. The van der Waals surface area contributed by atoms with E-state index in [-0.39, 0.29) is 25.2 Å². The van der Waals surface area contributed by atoms with E-state index in [1.54, 1.807) is 14.2 Å². The van der Waals surface area contributed by atoms with E-state index in [4.69, 9.17) is 28.4 Å². The average molecular weight is 531 g/mol. The van der Waals surface area contributed by atoms with Gasteiger partial charge in [-0.1, -0.05) is 59.3 Å². The highest BCUT2D eigenvalue weighted by Crippen LogP contribution is 2.38. The lowest BCUT2D eigenvalue weighted by Crippen LogP contribution is -2.38. The monoisotopic (exact) mass is 530 g/mol. The van der Waals surface area contributed by atoms with Gasteiger partial charge < -0.3 is 28.4 Å². The molecule has 1 rings (SSSR count). The lowest BCUT2D eigenvalue weighted by molar-refractivity contribution is -0.165. The molecule has 0 N–H and O–H groups in total. The summed E-state index contributed by atoms with van der Waals surface area (Å²) in [4.78, 5) is 25.9. The Kier molecular flexibility index (Phi) is 19.8. The molecule has 0 amide bonds. The van der Waals surface area contributed by atoms with Gasteiger partial charge in [-0.25, -0.2) is 0 Å². The van der Waals surface area contributed by atoms with Gasteiger partial charge in [-0.3, -0.25) is 9.59 Å². The van der Waals surface area contributed by atoms with Gasteiger partial charge in [0.05, 0.1) is 51.5 Å². The van der Waals surface area contributed by atoms with Crippen LogP contribution in [0.3, 0.4) is 0 Å². The third-order valence-electron chi connectivity index (χ3n) is 7.16. The highest BCUT2D eigenvalue weighted by Gasteiger charge is 2.41. The van der Waals surface area contributed by atoms with Crippen molar-refractivity contribution in [1.82, 2.24) is 0 Å². The van der Waals surface area contributed by atoms with Gasteiger partial charge in [0.15, 0.2) is 0 Å². The number of carbonyl (C=O) groups is 2. The number of hydrogen-bond acceptors (Lipinski definition) is 8. The molecule has 37 heavy (non-hydrogen) atoms. The molecule has 218 valence electrons. The van der Waals surface area contributed by atoms with Gasteiger partial charge in [-0.2, -0.15) is 0 Å². The van der Waals surface area contributed by atoms with E-state index in [0.717, 1.165) is 31.1 Å². The lowest BCUT2D eigenvalue weighted by Gasteiger charge is -2.33. The van der Waals surface area contributed by atoms with Crippen molar-refractivity contribution in [3.05, 3.63) is 0 Å². The van der Waals surface area contributed by atoms with Gasteiger partial charge in [-0.05, 0) is 37.0 Å². The van der Waals surface area contributed by atoms with Crippen LogP contribution in [-0.4, -0.2) is 79.0 Å². The standard InChI is InChI=1S/C29H54O8/c1-23(2)8-6-9-24(3)10-7-11-25-12-13-26(28(30)36-20-18-34-16-14-32-4)27(22-25)29(31)37-21-19-35-17-15-33-5/h23-27H,6-22H2,1-5H3. The van der Waals surface area contributed by atoms with E-state index in [1.165, 1.54) is 25.7 Å². The topological polar surface area (TPSA) is 89.5 Å². The van der Waals surface area contributed by atoms with Crippen molar-refractivity contribution >= 4 is 11.9 Å². The van der Waals surface area contributed by atoms with E-state index in [2.05, 4.69) is 20.8 Å². The fraction of sp³-hybridized carbons (Fsp3) is 0.931. The fourth-order valence-electron chi connectivity index (χ4n) is 4.94. The maximum absolute atomic E-state index is 13.0. The Morgan fingerprint density at radius 2 is 1.22 bits per heavy atom. The Morgan fingerprint density at radius 3 is 1.78 bits per heavy atom. The predicted octanol–water partition coefficient (Wildman–Crippen LogP) is 5.06. The number of rotatable bonds is 22. The first kappa shape index (κ1) is 33.8. The summed E-state index contributed by atoms with van der Waals surface area (Å²) in [5.41, 5.74) is 0. The summed E-state index contributed by atoms with van der Waals surface area (Å²) < 4.78 is 31.7. The average Bonchev–Trinajstić information content (AvgIpc) is 2.87. The zero-order valence-electron chi connectivity index (χ0n) is 24.2. The largest absolute Gasteiger partial charge is 0.463 e. The zero-order chi connectivity index (χ0) is 27.3. The highest BCUT2D eigenvalue weighted by molar-refractivity contribution is 5.82. The summed E-state index contributed by atoms with van der Waals surface area (Å²) in [7, 11) is 3.22. The second-order valence-corrected chi connectivity index (χ2v) is 10.8. The van der Waals surface area contributed by atoms with Crippen LogP contribution in [0.4, 0.5) is 0 Å². The second kappa shape index (κ2) is 21.7. The molecule has 0 aromatic rings. The van der Waals surface area contributed by atoms with Gasteiger partial charge in [0.25, 0.3) is 0 Å². The number of esters is 2. The van der Waals surface area contributed by atoms with Crippen molar-refractivity contribution in [1.29, 1.82) is 0 Å². The molecule has 1 saturated carbocycles. The van der Waals surface area contributed by atoms with Gasteiger partial charge >= 0.3 is 11.9 Å². The molecule has 1 aliphatic carbocycles. The maximum atomic E-state index is 13.0. The van der Waals surface area contributed by atoms with Crippen LogP contribution in [0.2, 0.25) is 0 Å². The number of methoxy groups -OCH3 is 2. The molecule has 0 saturated heterocycles. The molecule has 0 aromatic carbocycles. The van der Waals surface area contributed by atoms with Gasteiger partial charge in [0.1, 0.15) is 13.2 Å². The minimum atomic E-state index is -0.469. The summed E-state index contributed by atoms with van der Waals surface area (Å²) in [6.07, 6.45) is 9.62. The van der Waals surface area contributed by atoms with E-state index < -0.39 is 11.8 Å². The molecule has 1 fully saturated rings. The van der Waals surface area contributed by atoms with Gasteiger partial charge in [0, 0.05) is 14.2 Å². The Balaban J connectivity index is 2.53. The molecule has 8 nitrogen and oxygen atoms in total. The molecule has 0 aliphatic heterocycles. The Bertz CT molecular complexity index is 582. The summed E-state index contributed by atoms with van der Waals surface area (Å²) in [5, 5.41) is 0.